The first-order valence-corrected chi connectivity index (χ1v) is 9.12. The number of aromatic nitrogens is 1. The number of aromatic amines is 1. The van der Waals surface area contributed by atoms with E-state index in [-0.39, 0.29) is 0 Å². The van der Waals surface area contributed by atoms with E-state index in [1.165, 1.54) is 26.9 Å². The Kier molecular flexibility index (Phi) is 2.72. The third-order valence-electron chi connectivity index (χ3n) is 5.43. The lowest BCUT2D eigenvalue weighted by Gasteiger charge is -2.05. The topological polar surface area (TPSA) is 15.8 Å². The Morgan fingerprint density at radius 2 is 1.27 bits per heavy atom. The third kappa shape index (κ3) is 1.76. The Hall–Kier alpha value is -3.03. The molecule has 5 aromatic carbocycles. The number of rotatable bonds is 0. The van der Waals surface area contributed by atoms with Gasteiger partial charge < -0.3 is 4.98 Å². The maximum absolute atomic E-state index is 6.84. The van der Waals surface area contributed by atoms with E-state index in [4.69, 9.17) is 11.6 Å². The van der Waals surface area contributed by atoms with Gasteiger partial charge in [0.2, 0.25) is 0 Å². The van der Waals surface area contributed by atoms with Crippen LogP contribution in [0.2, 0.25) is 5.02 Å². The Balaban J connectivity index is 1.92. The van der Waals surface area contributed by atoms with Gasteiger partial charge in [0.1, 0.15) is 0 Å². The van der Waals surface area contributed by atoms with Gasteiger partial charge >= 0.3 is 0 Å². The van der Waals surface area contributed by atoms with Crippen LogP contribution in [0.1, 0.15) is 0 Å². The summed E-state index contributed by atoms with van der Waals surface area (Å²) in [4.78, 5) is 3.66. The lowest BCUT2D eigenvalue weighted by atomic mass is 9.99. The second-order valence-electron chi connectivity index (χ2n) is 6.83. The number of halogens is 1. The predicted molar refractivity (Wildman–Crippen MR) is 113 cm³/mol. The van der Waals surface area contributed by atoms with Crippen LogP contribution in [0.4, 0.5) is 0 Å². The standard InChI is InChI=1S/C24H14ClN/c25-23-18-8-4-2-6-16(18)13-20-22(23)19-12-11-15-10-9-14-5-1-3-7-17(14)21(15)24(19)26-20/h1-13,26H. The molecular formula is C24H14ClN. The summed E-state index contributed by atoms with van der Waals surface area (Å²) in [5.41, 5.74) is 2.25. The maximum Gasteiger partial charge on any atom is 0.0584 e. The number of hydrogen-bond donors (Lipinski definition) is 1. The first kappa shape index (κ1) is 14.2. The molecule has 1 N–H and O–H groups in total. The molecule has 2 heteroatoms. The van der Waals surface area contributed by atoms with Crippen molar-refractivity contribution in [3.63, 3.8) is 0 Å². The van der Waals surface area contributed by atoms with E-state index in [0.717, 1.165) is 32.2 Å². The fourth-order valence-electron chi connectivity index (χ4n) is 4.24. The molecule has 0 fully saturated rings. The molecule has 1 aromatic heterocycles. The Morgan fingerprint density at radius 1 is 0.577 bits per heavy atom. The van der Waals surface area contributed by atoms with Crippen molar-refractivity contribution in [3.8, 4) is 0 Å². The van der Waals surface area contributed by atoms with Crippen molar-refractivity contribution in [1.82, 2.24) is 4.98 Å². The van der Waals surface area contributed by atoms with Gasteiger partial charge in [-0.2, -0.15) is 0 Å². The van der Waals surface area contributed by atoms with Crippen LogP contribution in [0, 0.1) is 0 Å². The highest BCUT2D eigenvalue weighted by Gasteiger charge is 2.14. The molecule has 0 aliphatic rings. The zero-order valence-electron chi connectivity index (χ0n) is 13.9. The molecule has 0 saturated heterocycles. The van der Waals surface area contributed by atoms with Gasteiger partial charge in [0.15, 0.2) is 0 Å². The molecule has 0 atom stereocenters. The van der Waals surface area contributed by atoms with Gasteiger partial charge in [0, 0.05) is 27.1 Å². The summed E-state index contributed by atoms with van der Waals surface area (Å²) >= 11 is 6.84. The average molecular weight is 352 g/mol. The van der Waals surface area contributed by atoms with Crippen molar-refractivity contribution >= 4 is 65.7 Å². The van der Waals surface area contributed by atoms with Crippen LogP contribution in [-0.4, -0.2) is 4.98 Å². The van der Waals surface area contributed by atoms with Gasteiger partial charge in [-0.3, -0.25) is 0 Å². The van der Waals surface area contributed by atoms with Crippen LogP contribution >= 0.6 is 11.6 Å². The normalized spacial score (nSPS) is 12.0. The fraction of sp³-hybridized carbons (Fsp3) is 0. The summed E-state index contributed by atoms with van der Waals surface area (Å²) in [6.07, 6.45) is 0. The van der Waals surface area contributed by atoms with E-state index in [1.807, 2.05) is 6.07 Å². The first-order chi connectivity index (χ1) is 12.8. The van der Waals surface area contributed by atoms with E-state index in [0.29, 0.717) is 0 Å². The molecule has 0 amide bonds. The number of benzene rings is 5. The second-order valence-corrected chi connectivity index (χ2v) is 7.21. The maximum atomic E-state index is 6.84. The molecule has 1 heterocycles. The number of fused-ring (bicyclic) bond motifs is 8. The molecule has 6 rings (SSSR count). The van der Waals surface area contributed by atoms with Crippen LogP contribution in [-0.2, 0) is 0 Å². The highest BCUT2D eigenvalue weighted by Crippen LogP contribution is 2.40. The van der Waals surface area contributed by atoms with Gasteiger partial charge in [-0.15, -0.1) is 0 Å². The summed E-state index contributed by atoms with van der Waals surface area (Å²) in [5, 5.41) is 10.4. The average Bonchev–Trinajstić information content (AvgIpc) is 3.06. The largest absolute Gasteiger partial charge is 0.354 e. The van der Waals surface area contributed by atoms with E-state index in [1.54, 1.807) is 0 Å². The van der Waals surface area contributed by atoms with Crippen molar-refractivity contribution in [2.45, 2.75) is 0 Å². The molecule has 0 unspecified atom stereocenters. The van der Waals surface area contributed by atoms with Crippen molar-refractivity contribution in [2.75, 3.05) is 0 Å². The molecule has 6 aromatic rings. The Bertz CT molecular complexity index is 1490. The van der Waals surface area contributed by atoms with Gasteiger partial charge in [-0.25, -0.2) is 0 Å². The lowest BCUT2D eigenvalue weighted by molar-refractivity contribution is 1.57. The van der Waals surface area contributed by atoms with Crippen LogP contribution in [0.15, 0.2) is 78.9 Å². The quantitative estimate of drug-likeness (QED) is 0.274. The molecular weight excluding hydrogens is 338 g/mol. The molecule has 0 aliphatic heterocycles. The van der Waals surface area contributed by atoms with E-state index >= 15 is 0 Å². The summed E-state index contributed by atoms with van der Waals surface area (Å²) in [7, 11) is 0. The lowest BCUT2D eigenvalue weighted by Crippen LogP contribution is -1.79. The zero-order valence-corrected chi connectivity index (χ0v) is 14.6. The van der Waals surface area contributed by atoms with Gasteiger partial charge in [0.25, 0.3) is 0 Å². The Morgan fingerprint density at radius 3 is 2.15 bits per heavy atom. The molecule has 1 nitrogen and oxygen atoms in total. The van der Waals surface area contributed by atoms with Crippen LogP contribution in [0.3, 0.4) is 0 Å². The number of nitrogens with one attached hydrogen (secondary N) is 1. The van der Waals surface area contributed by atoms with Gasteiger partial charge in [0.05, 0.1) is 10.5 Å². The van der Waals surface area contributed by atoms with Gasteiger partial charge in [-0.1, -0.05) is 84.4 Å². The van der Waals surface area contributed by atoms with Crippen molar-refractivity contribution in [3.05, 3.63) is 83.9 Å². The first-order valence-electron chi connectivity index (χ1n) is 8.74. The molecule has 0 saturated carbocycles. The van der Waals surface area contributed by atoms with Crippen LogP contribution in [0.25, 0.3) is 54.1 Å². The molecule has 26 heavy (non-hydrogen) atoms. The highest BCUT2D eigenvalue weighted by molar-refractivity contribution is 6.43. The zero-order chi connectivity index (χ0) is 17.3. The van der Waals surface area contributed by atoms with Crippen molar-refractivity contribution < 1.29 is 0 Å². The Labute approximate surface area is 154 Å². The minimum absolute atomic E-state index is 0.823. The minimum atomic E-state index is 0.823. The SMILES string of the molecule is Clc1c2ccccc2cc2[nH]c3c(ccc4ccc5ccccc5c43)c12. The third-order valence-corrected chi connectivity index (χ3v) is 5.82. The van der Waals surface area contributed by atoms with Crippen LogP contribution < -0.4 is 0 Å². The van der Waals surface area contributed by atoms with E-state index in [2.05, 4.69) is 77.8 Å². The summed E-state index contributed by atoms with van der Waals surface area (Å²) in [5.74, 6) is 0. The molecule has 0 spiro atoms. The minimum Gasteiger partial charge on any atom is -0.354 e. The van der Waals surface area contributed by atoms with E-state index in [9.17, 15) is 0 Å². The molecule has 0 bridgehead atoms. The smallest absolute Gasteiger partial charge is 0.0584 e. The number of hydrogen-bond acceptors (Lipinski definition) is 0. The van der Waals surface area contributed by atoms with Crippen molar-refractivity contribution in [1.29, 1.82) is 0 Å². The molecule has 122 valence electrons. The highest BCUT2D eigenvalue weighted by atomic mass is 35.5. The molecule has 0 aliphatic carbocycles. The second kappa shape index (κ2) is 5.00. The fourth-order valence-corrected chi connectivity index (χ4v) is 4.61. The van der Waals surface area contributed by atoms with Gasteiger partial charge in [-0.05, 0) is 27.6 Å². The summed E-state index contributed by atoms with van der Waals surface area (Å²) in [6, 6.07) is 27.8. The predicted octanol–water partition coefficient (Wildman–Crippen LogP) is 7.43. The van der Waals surface area contributed by atoms with E-state index < -0.39 is 0 Å². The number of H-pyrrole nitrogens is 1. The summed E-state index contributed by atoms with van der Waals surface area (Å²) < 4.78 is 0. The van der Waals surface area contributed by atoms with Crippen molar-refractivity contribution in [2.24, 2.45) is 0 Å². The molecule has 0 radical (unpaired) electrons. The monoisotopic (exact) mass is 351 g/mol. The van der Waals surface area contributed by atoms with Crippen LogP contribution in [0.5, 0.6) is 0 Å². The summed E-state index contributed by atoms with van der Waals surface area (Å²) in [6.45, 7) is 0.